The van der Waals surface area contributed by atoms with Gasteiger partial charge in [-0.3, -0.25) is 0 Å². The van der Waals surface area contributed by atoms with Gasteiger partial charge in [0.1, 0.15) is 6.33 Å². The molecule has 1 heterocycles. The Labute approximate surface area is 87.7 Å². The van der Waals surface area contributed by atoms with Crippen LogP contribution in [0.4, 0.5) is 5.82 Å². The van der Waals surface area contributed by atoms with E-state index in [0.29, 0.717) is 11.6 Å². The van der Waals surface area contributed by atoms with Gasteiger partial charge < -0.3 is 10.1 Å². The lowest BCUT2D eigenvalue weighted by Crippen LogP contribution is -2.14. The van der Waals surface area contributed by atoms with Gasteiger partial charge in [0, 0.05) is 0 Å². The van der Waals surface area contributed by atoms with Crippen molar-refractivity contribution in [2.24, 2.45) is 0 Å². The Kier molecular flexibility index (Phi) is 3.55. The normalized spacial score (nSPS) is 11.6. The average molecular weight is 212 g/mol. The predicted molar refractivity (Wildman–Crippen MR) is 55.5 cm³/mol. The first-order valence-corrected chi connectivity index (χ1v) is 4.34. The summed E-state index contributed by atoms with van der Waals surface area (Å²) in [4.78, 5) is 7.75. The lowest BCUT2D eigenvalue weighted by atomic mass is 10.3. The zero-order valence-corrected chi connectivity index (χ0v) is 8.67. The van der Waals surface area contributed by atoms with Gasteiger partial charge in [-0.15, -0.1) is 6.42 Å². The second-order valence-corrected chi connectivity index (χ2v) is 2.94. The van der Waals surface area contributed by atoms with Crippen molar-refractivity contribution < 1.29 is 4.74 Å². The molecule has 0 aliphatic heterocycles. The van der Waals surface area contributed by atoms with Gasteiger partial charge in [-0.2, -0.15) is 0 Å². The summed E-state index contributed by atoms with van der Waals surface area (Å²) in [5, 5.41) is 3.21. The molecule has 1 N–H and O–H groups in total. The van der Waals surface area contributed by atoms with Crippen LogP contribution >= 0.6 is 11.6 Å². The van der Waals surface area contributed by atoms with E-state index in [-0.39, 0.29) is 11.2 Å². The highest BCUT2D eigenvalue weighted by Crippen LogP contribution is 2.28. The molecule has 0 aliphatic rings. The van der Waals surface area contributed by atoms with Crippen molar-refractivity contribution in [2.45, 2.75) is 13.0 Å². The van der Waals surface area contributed by atoms with Gasteiger partial charge in [0.2, 0.25) is 0 Å². The first-order valence-electron chi connectivity index (χ1n) is 3.96. The number of hydrogen-bond donors (Lipinski definition) is 1. The van der Waals surface area contributed by atoms with E-state index in [1.807, 2.05) is 6.92 Å². The van der Waals surface area contributed by atoms with Crippen LogP contribution in [0.15, 0.2) is 6.33 Å². The van der Waals surface area contributed by atoms with Crippen molar-refractivity contribution in [1.29, 1.82) is 0 Å². The number of nitrogens with one attached hydrogen (secondary N) is 1. The number of hydrogen-bond acceptors (Lipinski definition) is 4. The van der Waals surface area contributed by atoms with Gasteiger partial charge in [0.05, 0.1) is 13.2 Å². The van der Waals surface area contributed by atoms with E-state index in [1.165, 1.54) is 13.4 Å². The zero-order valence-electron chi connectivity index (χ0n) is 7.91. The third-order valence-electron chi connectivity index (χ3n) is 1.57. The summed E-state index contributed by atoms with van der Waals surface area (Å²) in [6.07, 6.45) is 6.56. The molecule has 0 aliphatic carbocycles. The molecule has 4 nitrogen and oxygen atoms in total. The number of methoxy groups -OCH3 is 1. The second kappa shape index (κ2) is 4.68. The van der Waals surface area contributed by atoms with Crippen LogP contribution in [0.25, 0.3) is 0 Å². The minimum atomic E-state index is -0.144. The molecule has 1 aromatic heterocycles. The summed E-state index contributed by atoms with van der Waals surface area (Å²) in [5.74, 6) is 3.41. The smallest absolute Gasteiger partial charge is 0.198 e. The molecule has 1 atom stereocenters. The number of nitrogens with zero attached hydrogens (tertiary/aromatic N) is 2. The van der Waals surface area contributed by atoms with Crippen molar-refractivity contribution in [3.05, 3.63) is 11.5 Å². The third-order valence-corrected chi connectivity index (χ3v) is 1.84. The van der Waals surface area contributed by atoms with Crippen molar-refractivity contribution >= 4 is 17.4 Å². The van der Waals surface area contributed by atoms with E-state index >= 15 is 0 Å². The highest BCUT2D eigenvalue weighted by molar-refractivity contribution is 6.31. The molecule has 5 heteroatoms. The molecule has 0 bridgehead atoms. The van der Waals surface area contributed by atoms with Gasteiger partial charge in [-0.05, 0) is 6.92 Å². The molecule has 0 saturated heterocycles. The maximum atomic E-state index is 5.79. The lowest BCUT2D eigenvalue weighted by Gasteiger charge is -2.11. The number of aromatic nitrogens is 2. The molecule has 0 fully saturated rings. The molecule has 0 spiro atoms. The molecule has 14 heavy (non-hydrogen) atoms. The summed E-state index contributed by atoms with van der Waals surface area (Å²) in [6, 6.07) is -0.144. The van der Waals surface area contributed by atoms with Gasteiger partial charge in [0.25, 0.3) is 0 Å². The number of ether oxygens (including phenoxy) is 1. The molecule has 0 saturated carbocycles. The van der Waals surface area contributed by atoms with Crippen LogP contribution in [0.1, 0.15) is 6.92 Å². The van der Waals surface area contributed by atoms with Crippen LogP contribution in [-0.4, -0.2) is 23.1 Å². The summed E-state index contributed by atoms with van der Waals surface area (Å²) < 4.78 is 5.03. The van der Waals surface area contributed by atoms with Gasteiger partial charge in [-0.1, -0.05) is 17.5 Å². The molecule has 1 rings (SSSR count). The minimum absolute atomic E-state index is 0.144. The fourth-order valence-electron chi connectivity index (χ4n) is 0.883. The molecule has 0 aromatic carbocycles. The lowest BCUT2D eigenvalue weighted by molar-refractivity contribution is 0.413. The van der Waals surface area contributed by atoms with Crippen LogP contribution in [0.5, 0.6) is 5.75 Å². The SMILES string of the molecule is C#CC(C)Nc1ncnc(Cl)c1OC. The van der Waals surface area contributed by atoms with E-state index < -0.39 is 0 Å². The summed E-state index contributed by atoms with van der Waals surface area (Å²) in [5.41, 5.74) is 0. The fraction of sp³-hybridized carbons (Fsp3) is 0.333. The maximum absolute atomic E-state index is 5.79. The fourth-order valence-corrected chi connectivity index (χ4v) is 1.09. The van der Waals surface area contributed by atoms with Crippen molar-refractivity contribution in [2.75, 3.05) is 12.4 Å². The van der Waals surface area contributed by atoms with Gasteiger partial charge in [-0.25, -0.2) is 9.97 Å². The van der Waals surface area contributed by atoms with Crippen LogP contribution in [0.3, 0.4) is 0 Å². The molecular weight excluding hydrogens is 202 g/mol. The topological polar surface area (TPSA) is 47.0 Å². The number of terminal acetylenes is 1. The van der Waals surface area contributed by atoms with Crippen molar-refractivity contribution in [3.8, 4) is 18.1 Å². The third kappa shape index (κ3) is 2.27. The average Bonchev–Trinajstić information content (AvgIpc) is 2.18. The van der Waals surface area contributed by atoms with Crippen molar-refractivity contribution in [1.82, 2.24) is 9.97 Å². The van der Waals surface area contributed by atoms with E-state index in [4.69, 9.17) is 22.8 Å². The number of rotatable bonds is 3. The van der Waals surface area contributed by atoms with Crippen molar-refractivity contribution in [3.63, 3.8) is 0 Å². The Bertz CT molecular complexity index is 362. The molecule has 1 aromatic rings. The summed E-state index contributed by atoms with van der Waals surface area (Å²) in [7, 11) is 1.50. The summed E-state index contributed by atoms with van der Waals surface area (Å²) >= 11 is 5.79. The van der Waals surface area contributed by atoms with Crippen LogP contribution in [0, 0.1) is 12.3 Å². The Hall–Kier alpha value is -1.47. The standard InChI is InChI=1S/C9H10ClN3O/c1-4-6(2)13-9-7(14-3)8(10)11-5-12-9/h1,5-6H,2-3H3,(H,11,12,13). The predicted octanol–water partition coefficient (Wildman–Crippen LogP) is 1.57. The summed E-state index contributed by atoms with van der Waals surface area (Å²) in [6.45, 7) is 1.83. The van der Waals surface area contributed by atoms with E-state index in [1.54, 1.807) is 0 Å². The van der Waals surface area contributed by atoms with E-state index in [9.17, 15) is 0 Å². The Morgan fingerprint density at radius 2 is 2.36 bits per heavy atom. The quantitative estimate of drug-likeness (QED) is 0.609. The van der Waals surface area contributed by atoms with Crippen LogP contribution in [-0.2, 0) is 0 Å². The van der Waals surface area contributed by atoms with Gasteiger partial charge in [0.15, 0.2) is 16.7 Å². The number of anilines is 1. The molecule has 1 unspecified atom stereocenters. The molecular formula is C9H10ClN3O. The highest BCUT2D eigenvalue weighted by Gasteiger charge is 2.10. The Morgan fingerprint density at radius 3 is 2.93 bits per heavy atom. The van der Waals surface area contributed by atoms with Gasteiger partial charge >= 0.3 is 0 Å². The molecule has 0 radical (unpaired) electrons. The Morgan fingerprint density at radius 1 is 1.64 bits per heavy atom. The largest absolute Gasteiger partial charge is 0.490 e. The zero-order chi connectivity index (χ0) is 10.6. The monoisotopic (exact) mass is 211 g/mol. The van der Waals surface area contributed by atoms with E-state index in [2.05, 4.69) is 21.2 Å². The maximum Gasteiger partial charge on any atom is 0.198 e. The first kappa shape index (κ1) is 10.6. The first-order chi connectivity index (χ1) is 6.69. The minimum Gasteiger partial charge on any atom is -0.490 e. The molecule has 0 amide bonds. The Balaban J connectivity index is 2.97. The highest BCUT2D eigenvalue weighted by atomic mass is 35.5. The number of halogens is 1. The van der Waals surface area contributed by atoms with E-state index in [0.717, 1.165) is 0 Å². The van der Waals surface area contributed by atoms with Crippen LogP contribution < -0.4 is 10.1 Å². The van der Waals surface area contributed by atoms with Crippen LogP contribution in [0.2, 0.25) is 5.15 Å². The molecule has 74 valence electrons. The second-order valence-electron chi connectivity index (χ2n) is 2.58.